The summed E-state index contributed by atoms with van der Waals surface area (Å²) in [5.41, 5.74) is 2.14. The number of aromatic amines is 1. The lowest BCUT2D eigenvalue weighted by Gasteiger charge is -1.97. The van der Waals surface area contributed by atoms with Crippen LogP contribution in [0.25, 0.3) is 11.0 Å². The number of hydrogen-bond acceptors (Lipinski definition) is 2. The predicted molar refractivity (Wildman–Crippen MR) is 51.2 cm³/mol. The van der Waals surface area contributed by atoms with Gasteiger partial charge < -0.3 is 4.98 Å². The first-order valence-corrected chi connectivity index (χ1v) is 4.19. The molecule has 0 spiro atoms. The Morgan fingerprint density at radius 3 is 3.08 bits per heavy atom. The molecule has 3 nitrogen and oxygen atoms in total. The van der Waals surface area contributed by atoms with E-state index in [4.69, 9.17) is 11.6 Å². The molecule has 0 fully saturated rings. The number of nitrogens with one attached hydrogen (secondary N) is 1. The third-order valence-electron chi connectivity index (χ3n) is 1.99. The fourth-order valence-corrected chi connectivity index (χ4v) is 1.64. The Kier molecular flexibility index (Phi) is 1.81. The Bertz CT molecular complexity index is 476. The molecule has 0 aliphatic carbocycles. The highest BCUT2D eigenvalue weighted by molar-refractivity contribution is 6.37. The van der Waals surface area contributed by atoms with Crippen LogP contribution < -0.4 is 0 Å². The van der Waals surface area contributed by atoms with Gasteiger partial charge in [-0.05, 0) is 12.5 Å². The number of halogens is 1. The largest absolute Gasteiger partial charge is 0.346 e. The minimum atomic E-state index is 0.428. The molecule has 2 heterocycles. The molecule has 0 saturated heterocycles. The van der Waals surface area contributed by atoms with E-state index in [2.05, 4.69) is 9.97 Å². The van der Waals surface area contributed by atoms with E-state index in [0.717, 1.165) is 10.9 Å². The van der Waals surface area contributed by atoms with Gasteiger partial charge in [0.2, 0.25) is 0 Å². The number of fused-ring (bicyclic) bond motifs is 1. The average molecular weight is 195 g/mol. The van der Waals surface area contributed by atoms with Crippen molar-refractivity contribution >= 4 is 28.9 Å². The first kappa shape index (κ1) is 8.26. The third kappa shape index (κ3) is 1.12. The van der Waals surface area contributed by atoms with E-state index >= 15 is 0 Å². The molecule has 1 N–H and O–H groups in total. The van der Waals surface area contributed by atoms with Gasteiger partial charge in [-0.1, -0.05) is 11.6 Å². The van der Waals surface area contributed by atoms with Crippen LogP contribution in [0.15, 0.2) is 12.4 Å². The van der Waals surface area contributed by atoms with E-state index in [9.17, 15) is 4.79 Å². The van der Waals surface area contributed by atoms with E-state index in [1.165, 1.54) is 6.20 Å². The quantitative estimate of drug-likeness (QED) is 0.709. The Morgan fingerprint density at radius 2 is 2.38 bits per heavy atom. The molecule has 0 unspecified atom stereocenters. The summed E-state index contributed by atoms with van der Waals surface area (Å²) in [4.78, 5) is 17.6. The summed E-state index contributed by atoms with van der Waals surface area (Å²) in [7, 11) is 0. The van der Waals surface area contributed by atoms with Crippen molar-refractivity contribution in [2.45, 2.75) is 6.92 Å². The van der Waals surface area contributed by atoms with E-state index < -0.39 is 0 Å². The summed E-state index contributed by atoms with van der Waals surface area (Å²) in [5.74, 6) is 0. The van der Waals surface area contributed by atoms with E-state index in [-0.39, 0.29) is 0 Å². The zero-order valence-corrected chi connectivity index (χ0v) is 7.72. The van der Waals surface area contributed by atoms with Gasteiger partial charge in [0.25, 0.3) is 0 Å². The van der Waals surface area contributed by atoms with Crippen molar-refractivity contribution in [1.82, 2.24) is 9.97 Å². The summed E-state index contributed by atoms with van der Waals surface area (Å²) < 4.78 is 0. The number of pyridine rings is 1. The van der Waals surface area contributed by atoms with Gasteiger partial charge in [0.1, 0.15) is 5.65 Å². The molecule has 0 atom stereocenters. The maximum atomic E-state index is 10.6. The van der Waals surface area contributed by atoms with Crippen molar-refractivity contribution in [3.8, 4) is 0 Å². The Morgan fingerprint density at radius 1 is 1.62 bits per heavy atom. The van der Waals surface area contributed by atoms with E-state index in [0.29, 0.717) is 22.5 Å². The molecule has 2 aromatic rings. The lowest BCUT2D eigenvalue weighted by atomic mass is 10.2. The molecule has 0 bridgehead atoms. The smallest absolute Gasteiger partial charge is 0.153 e. The number of nitrogens with zero attached hydrogens (tertiary/aromatic N) is 1. The Balaban J connectivity index is 2.91. The van der Waals surface area contributed by atoms with Crippen LogP contribution in [0, 0.1) is 6.92 Å². The highest BCUT2D eigenvalue weighted by Crippen LogP contribution is 2.26. The van der Waals surface area contributed by atoms with Crippen molar-refractivity contribution < 1.29 is 4.79 Å². The van der Waals surface area contributed by atoms with Crippen molar-refractivity contribution in [3.63, 3.8) is 0 Å². The van der Waals surface area contributed by atoms with Crippen LogP contribution in [0.1, 0.15) is 15.9 Å². The van der Waals surface area contributed by atoms with E-state index in [1.54, 1.807) is 0 Å². The molecule has 2 rings (SSSR count). The molecule has 0 amide bonds. The van der Waals surface area contributed by atoms with Crippen molar-refractivity contribution in [2.75, 3.05) is 0 Å². The number of aldehydes is 1. The second-order valence-electron chi connectivity index (χ2n) is 2.84. The van der Waals surface area contributed by atoms with Gasteiger partial charge in [-0.3, -0.25) is 4.79 Å². The summed E-state index contributed by atoms with van der Waals surface area (Å²) in [6, 6.07) is 0. The fraction of sp³-hybridized carbons (Fsp3) is 0.111. The third-order valence-corrected chi connectivity index (χ3v) is 2.40. The van der Waals surface area contributed by atoms with Gasteiger partial charge in [-0.25, -0.2) is 4.98 Å². The number of aromatic nitrogens is 2. The SMILES string of the molecule is Cc1c[nH]c2ncc(C=O)c(Cl)c12. The van der Waals surface area contributed by atoms with Gasteiger partial charge in [0.05, 0.1) is 10.6 Å². The van der Waals surface area contributed by atoms with Crippen molar-refractivity contribution in [2.24, 2.45) is 0 Å². The predicted octanol–water partition coefficient (Wildman–Crippen LogP) is 2.34. The second kappa shape index (κ2) is 2.85. The van der Waals surface area contributed by atoms with Crippen LogP contribution in [0.5, 0.6) is 0 Å². The molecule has 0 saturated carbocycles. The number of carbonyl (C=O) groups excluding carboxylic acids is 1. The van der Waals surface area contributed by atoms with Crippen molar-refractivity contribution in [1.29, 1.82) is 0 Å². The van der Waals surface area contributed by atoms with Gasteiger partial charge >= 0.3 is 0 Å². The number of hydrogen-bond donors (Lipinski definition) is 1. The first-order chi connectivity index (χ1) is 6.24. The average Bonchev–Trinajstić information content (AvgIpc) is 2.49. The number of aryl methyl sites for hydroxylation is 1. The van der Waals surface area contributed by atoms with Gasteiger partial charge in [0, 0.05) is 17.8 Å². The van der Waals surface area contributed by atoms with Crippen LogP contribution in [0.3, 0.4) is 0 Å². The molecule has 4 heteroatoms. The zero-order valence-electron chi connectivity index (χ0n) is 6.97. The molecular weight excluding hydrogens is 188 g/mol. The lowest BCUT2D eigenvalue weighted by molar-refractivity contribution is 0.112. The molecular formula is C9H7ClN2O. The maximum absolute atomic E-state index is 10.6. The monoisotopic (exact) mass is 194 g/mol. The van der Waals surface area contributed by atoms with Gasteiger partial charge in [-0.2, -0.15) is 0 Å². The first-order valence-electron chi connectivity index (χ1n) is 3.81. The Labute approximate surface area is 79.7 Å². The minimum absolute atomic E-state index is 0.428. The summed E-state index contributed by atoms with van der Waals surface area (Å²) in [6.45, 7) is 1.92. The van der Waals surface area contributed by atoms with Crippen molar-refractivity contribution in [3.05, 3.63) is 28.5 Å². The summed E-state index contributed by atoms with van der Waals surface area (Å²) in [6.07, 6.45) is 3.99. The fourth-order valence-electron chi connectivity index (χ4n) is 1.30. The molecule has 2 aromatic heterocycles. The molecule has 0 aliphatic heterocycles. The minimum Gasteiger partial charge on any atom is -0.346 e. The maximum Gasteiger partial charge on any atom is 0.153 e. The summed E-state index contributed by atoms with van der Waals surface area (Å²) >= 11 is 6.00. The van der Waals surface area contributed by atoms with Crippen LogP contribution in [0.4, 0.5) is 0 Å². The zero-order chi connectivity index (χ0) is 9.42. The van der Waals surface area contributed by atoms with Gasteiger partial charge in [0.15, 0.2) is 6.29 Å². The molecule has 0 radical (unpaired) electrons. The standard InChI is InChI=1S/C9H7ClN2O/c1-5-2-11-9-7(5)8(10)6(4-13)3-12-9/h2-4H,1H3,(H,11,12). The topological polar surface area (TPSA) is 45.8 Å². The summed E-state index contributed by atoms with van der Waals surface area (Å²) in [5, 5.41) is 1.30. The van der Waals surface area contributed by atoms with Crippen LogP contribution >= 0.6 is 11.6 Å². The highest BCUT2D eigenvalue weighted by atomic mass is 35.5. The molecule has 0 aliphatic rings. The number of carbonyl (C=O) groups is 1. The normalized spacial score (nSPS) is 10.6. The van der Waals surface area contributed by atoms with Gasteiger partial charge in [-0.15, -0.1) is 0 Å². The van der Waals surface area contributed by atoms with Crippen LogP contribution in [-0.2, 0) is 0 Å². The molecule has 13 heavy (non-hydrogen) atoms. The second-order valence-corrected chi connectivity index (χ2v) is 3.22. The molecule has 66 valence electrons. The lowest BCUT2D eigenvalue weighted by Crippen LogP contribution is -1.86. The Hall–Kier alpha value is -1.35. The number of rotatable bonds is 1. The number of H-pyrrole nitrogens is 1. The highest BCUT2D eigenvalue weighted by Gasteiger charge is 2.09. The van der Waals surface area contributed by atoms with Crippen LogP contribution in [0.2, 0.25) is 5.02 Å². The van der Waals surface area contributed by atoms with E-state index in [1.807, 2.05) is 13.1 Å². The molecule has 0 aromatic carbocycles. The van der Waals surface area contributed by atoms with Crippen LogP contribution in [-0.4, -0.2) is 16.3 Å².